The van der Waals surface area contributed by atoms with Crippen LogP contribution in [-0.4, -0.2) is 27.4 Å². The van der Waals surface area contributed by atoms with Gasteiger partial charge in [-0.3, -0.25) is 0 Å². The van der Waals surface area contributed by atoms with Crippen LogP contribution < -0.4 is 10.1 Å². The molecule has 0 radical (unpaired) electrons. The van der Waals surface area contributed by atoms with E-state index in [0.717, 1.165) is 38.2 Å². The largest absolute Gasteiger partial charge is 0.496 e. The fraction of sp³-hybridized carbons (Fsp3) is 0.600. The zero-order valence-electron chi connectivity index (χ0n) is 11.6. The van der Waals surface area contributed by atoms with Gasteiger partial charge in [0, 0.05) is 18.8 Å². The number of rotatable bonds is 4. The highest BCUT2D eigenvalue weighted by atomic mass is 16.5. The first-order valence-electron chi connectivity index (χ1n) is 6.70. The second-order valence-electron chi connectivity index (χ2n) is 4.83. The monoisotopic (exact) mass is 249 g/mol. The van der Waals surface area contributed by atoms with Crippen molar-refractivity contribution < 1.29 is 9.47 Å². The Labute approximate surface area is 109 Å². The quantitative estimate of drug-likeness (QED) is 0.889. The normalized spacial score (nSPS) is 18.6. The molecule has 18 heavy (non-hydrogen) atoms. The van der Waals surface area contributed by atoms with Crippen molar-refractivity contribution in [2.75, 3.05) is 27.4 Å². The molecule has 1 aliphatic rings. The van der Waals surface area contributed by atoms with Gasteiger partial charge in [-0.05, 0) is 37.9 Å². The van der Waals surface area contributed by atoms with E-state index < -0.39 is 0 Å². The third-order valence-corrected chi connectivity index (χ3v) is 4.01. The summed E-state index contributed by atoms with van der Waals surface area (Å²) in [5.74, 6) is 0.975. The summed E-state index contributed by atoms with van der Waals surface area (Å²) in [6.45, 7) is 3.79. The van der Waals surface area contributed by atoms with Crippen LogP contribution in [0.1, 0.15) is 30.9 Å². The highest BCUT2D eigenvalue weighted by Gasteiger charge is 2.35. The molecule has 3 heteroatoms. The summed E-state index contributed by atoms with van der Waals surface area (Å²) in [4.78, 5) is 0. The number of methoxy groups -OCH3 is 1. The van der Waals surface area contributed by atoms with Crippen LogP contribution >= 0.6 is 0 Å². The Kier molecular flexibility index (Phi) is 4.25. The second kappa shape index (κ2) is 5.72. The van der Waals surface area contributed by atoms with Crippen molar-refractivity contribution in [3.05, 3.63) is 29.3 Å². The number of benzene rings is 1. The van der Waals surface area contributed by atoms with Gasteiger partial charge in [0.15, 0.2) is 0 Å². The van der Waals surface area contributed by atoms with E-state index in [1.165, 1.54) is 11.1 Å². The summed E-state index contributed by atoms with van der Waals surface area (Å²) < 4.78 is 11.0. The molecule has 1 N–H and O–H groups in total. The minimum atomic E-state index is -0.00519. The Morgan fingerprint density at radius 2 is 2.06 bits per heavy atom. The fourth-order valence-electron chi connectivity index (χ4n) is 2.72. The van der Waals surface area contributed by atoms with Crippen molar-refractivity contribution >= 4 is 0 Å². The molecule has 1 heterocycles. The fourth-order valence-corrected chi connectivity index (χ4v) is 2.72. The van der Waals surface area contributed by atoms with Gasteiger partial charge in [-0.2, -0.15) is 0 Å². The Morgan fingerprint density at radius 1 is 1.33 bits per heavy atom. The van der Waals surface area contributed by atoms with E-state index in [1.807, 2.05) is 7.05 Å². The lowest BCUT2D eigenvalue weighted by molar-refractivity contribution is 0.0389. The van der Waals surface area contributed by atoms with Gasteiger partial charge in [-0.1, -0.05) is 19.1 Å². The Balaban J connectivity index is 2.44. The molecule has 2 rings (SSSR count). The first-order chi connectivity index (χ1) is 8.75. The number of hydrogen-bond acceptors (Lipinski definition) is 3. The molecule has 0 bridgehead atoms. The standard InChI is InChI=1S/C15H23NO2/c1-4-12-5-6-14(17-3)13(11-12)15(16-2)7-9-18-10-8-15/h5-6,11,16H,4,7-10H2,1-3H3. The van der Waals surface area contributed by atoms with Crippen LogP contribution in [0.4, 0.5) is 0 Å². The second-order valence-corrected chi connectivity index (χ2v) is 4.83. The van der Waals surface area contributed by atoms with Gasteiger partial charge in [0.1, 0.15) is 5.75 Å². The predicted octanol–water partition coefficient (Wildman–Crippen LogP) is 2.48. The van der Waals surface area contributed by atoms with Gasteiger partial charge in [0.25, 0.3) is 0 Å². The molecule has 0 aliphatic carbocycles. The first-order valence-corrected chi connectivity index (χ1v) is 6.70. The van der Waals surface area contributed by atoms with Crippen molar-refractivity contribution in [3.8, 4) is 5.75 Å². The summed E-state index contributed by atoms with van der Waals surface area (Å²) >= 11 is 0. The van der Waals surface area contributed by atoms with Crippen LogP contribution in [0.15, 0.2) is 18.2 Å². The smallest absolute Gasteiger partial charge is 0.123 e. The summed E-state index contributed by atoms with van der Waals surface area (Å²) in [5, 5.41) is 3.50. The SMILES string of the molecule is CCc1ccc(OC)c(C2(NC)CCOCC2)c1. The zero-order chi connectivity index (χ0) is 13.0. The molecule has 100 valence electrons. The van der Waals surface area contributed by atoms with Gasteiger partial charge in [-0.25, -0.2) is 0 Å². The van der Waals surface area contributed by atoms with E-state index in [-0.39, 0.29) is 5.54 Å². The number of nitrogens with one attached hydrogen (secondary N) is 1. The van der Waals surface area contributed by atoms with Crippen LogP contribution in [0, 0.1) is 0 Å². The molecule has 0 amide bonds. The van der Waals surface area contributed by atoms with E-state index in [9.17, 15) is 0 Å². The van der Waals surface area contributed by atoms with E-state index in [4.69, 9.17) is 9.47 Å². The lowest BCUT2D eigenvalue weighted by Crippen LogP contribution is -2.45. The Hall–Kier alpha value is -1.06. The van der Waals surface area contributed by atoms with Crippen LogP contribution in [0.5, 0.6) is 5.75 Å². The summed E-state index contributed by atoms with van der Waals surface area (Å²) in [6.07, 6.45) is 3.04. The molecular formula is C15H23NO2. The van der Waals surface area contributed by atoms with Crippen LogP contribution in [0.25, 0.3) is 0 Å². The van der Waals surface area contributed by atoms with E-state index >= 15 is 0 Å². The van der Waals surface area contributed by atoms with Crippen molar-refractivity contribution in [3.63, 3.8) is 0 Å². The average Bonchev–Trinajstić information content (AvgIpc) is 2.47. The lowest BCUT2D eigenvalue weighted by Gasteiger charge is -2.38. The third kappa shape index (κ3) is 2.38. The average molecular weight is 249 g/mol. The molecule has 0 saturated carbocycles. The molecule has 0 aromatic heterocycles. The summed E-state index contributed by atoms with van der Waals surface area (Å²) in [7, 11) is 3.77. The number of aryl methyl sites for hydroxylation is 1. The molecule has 1 aromatic rings. The topological polar surface area (TPSA) is 30.5 Å². The van der Waals surface area contributed by atoms with Crippen molar-refractivity contribution in [1.82, 2.24) is 5.32 Å². The molecule has 1 aliphatic heterocycles. The maximum Gasteiger partial charge on any atom is 0.123 e. The molecule has 0 atom stereocenters. The van der Waals surface area contributed by atoms with Crippen molar-refractivity contribution in [2.45, 2.75) is 31.7 Å². The van der Waals surface area contributed by atoms with Gasteiger partial charge < -0.3 is 14.8 Å². The predicted molar refractivity (Wildman–Crippen MR) is 73.2 cm³/mol. The molecule has 1 saturated heterocycles. The highest BCUT2D eigenvalue weighted by molar-refractivity contribution is 5.42. The summed E-state index contributed by atoms with van der Waals surface area (Å²) in [6, 6.07) is 6.51. The molecule has 0 spiro atoms. The lowest BCUT2D eigenvalue weighted by atomic mass is 9.81. The molecule has 3 nitrogen and oxygen atoms in total. The van der Waals surface area contributed by atoms with Gasteiger partial charge >= 0.3 is 0 Å². The van der Waals surface area contributed by atoms with Gasteiger partial charge in [0.05, 0.1) is 12.6 Å². The number of hydrogen-bond donors (Lipinski definition) is 1. The van der Waals surface area contributed by atoms with Crippen LogP contribution in [0.2, 0.25) is 0 Å². The number of ether oxygens (including phenoxy) is 2. The molecule has 0 unspecified atom stereocenters. The van der Waals surface area contributed by atoms with E-state index in [2.05, 4.69) is 30.4 Å². The molecule has 1 fully saturated rings. The third-order valence-electron chi connectivity index (χ3n) is 4.01. The Morgan fingerprint density at radius 3 is 2.61 bits per heavy atom. The maximum atomic E-state index is 5.54. The zero-order valence-corrected chi connectivity index (χ0v) is 11.6. The minimum absolute atomic E-state index is 0.00519. The van der Waals surface area contributed by atoms with Crippen molar-refractivity contribution in [2.24, 2.45) is 0 Å². The maximum absolute atomic E-state index is 5.54. The highest BCUT2D eigenvalue weighted by Crippen LogP contribution is 2.37. The first kappa shape index (κ1) is 13.4. The van der Waals surface area contributed by atoms with E-state index in [0.29, 0.717) is 0 Å². The molecule has 1 aromatic carbocycles. The van der Waals surface area contributed by atoms with Crippen LogP contribution in [0.3, 0.4) is 0 Å². The van der Waals surface area contributed by atoms with Gasteiger partial charge in [0.2, 0.25) is 0 Å². The van der Waals surface area contributed by atoms with Gasteiger partial charge in [-0.15, -0.1) is 0 Å². The summed E-state index contributed by atoms with van der Waals surface area (Å²) in [5.41, 5.74) is 2.62. The Bertz CT molecular complexity index is 397. The van der Waals surface area contributed by atoms with Crippen molar-refractivity contribution in [1.29, 1.82) is 0 Å². The molecular weight excluding hydrogens is 226 g/mol. The van der Waals surface area contributed by atoms with E-state index in [1.54, 1.807) is 7.11 Å². The van der Waals surface area contributed by atoms with Crippen LogP contribution in [-0.2, 0) is 16.7 Å². The minimum Gasteiger partial charge on any atom is -0.496 e.